The van der Waals surface area contributed by atoms with Gasteiger partial charge in [0.2, 0.25) is 0 Å². The topological polar surface area (TPSA) is 17.1 Å². The molecule has 0 spiro atoms. The molecule has 2 radical (unpaired) electrons. The van der Waals surface area contributed by atoms with Gasteiger partial charge in [0.05, 0.1) is 0 Å². The van der Waals surface area contributed by atoms with Gasteiger partial charge in [-0.15, -0.1) is 0 Å². The Bertz CT molecular complexity index is 317. The van der Waals surface area contributed by atoms with E-state index in [-0.39, 0.29) is 5.78 Å². The molecule has 2 rings (SSSR count). The fraction of sp³-hybridized carbons (Fsp3) is 0.222. The van der Waals surface area contributed by atoms with Crippen LogP contribution >= 0.6 is 0 Å². The van der Waals surface area contributed by atoms with Crippen LogP contribution in [-0.2, 0) is 6.42 Å². The molecule has 0 amide bonds. The Balaban J connectivity index is 2.59. The number of ketones is 1. The van der Waals surface area contributed by atoms with Crippen LogP contribution in [0.1, 0.15) is 22.3 Å². The Morgan fingerprint density at radius 2 is 2.09 bits per heavy atom. The average molecular weight is 142 g/mol. The lowest BCUT2D eigenvalue weighted by Crippen LogP contribution is -2.03. The van der Waals surface area contributed by atoms with Gasteiger partial charge in [0.1, 0.15) is 7.85 Å². The summed E-state index contributed by atoms with van der Waals surface area (Å²) in [6, 6.07) is 5.49. The van der Waals surface area contributed by atoms with E-state index in [1.807, 2.05) is 12.1 Å². The van der Waals surface area contributed by atoms with Crippen LogP contribution in [0.25, 0.3) is 0 Å². The van der Waals surface area contributed by atoms with Crippen molar-refractivity contribution in [2.75, 3.05) is 0 Å². The fourth-order valence-corrected chi connectivity index (χ4v) is 1.48. The van der Waals surface area contributed by atoms with E-state index in [4.69, 9.17) is 7.85 Å². The summed E-state index contributed by atoms with van der Waals surface area (Å²) in [7, 11) is 5.56. The molecule has 0 N–H and O–H groups in total. The first-order valence-corrected chi connectivity index (χ1v) is 3.69. The molecule has 0 aromatic heterocycles. The molecule has 1 aromatic rings. The van der Waals surface area contributed by atoms with E-state index >= 15 is 0 Å². The number of fused-ring (bicyclic) bond motifs is 1. The maximum Gasteiger partial charge on any atom is 0.163 e. The van der Waals surface area contributed by atoms with Crippen LogP contribution in [0, 0.1) is 0 Å². The second-order valence-corrected chi connectivity index (χ2v) is 2.84. The van der Waals surface area contributed by atoms with Crippen molar-refractivity contribution in [1.82, 2.24) is 0 Å². The predicted molar refractivity (Wildman–Crippen MR) is 44.5 cm³/mol. The van der Waals surface area contributed by atoms with E-state index in [9.17, 15) is 4.79 Å². The van der Waals surface area contributed by atoms with E-state index in [1.54, 1.807) is 6.07 Å². The molecule has 52 valence electrons. The molecule has 1 nitrogen and oxygen atoms in total. The van der Waals surface area contributed by atoms with Crippen molar-refractivity contribution in [2.24, 2.45) is 0 Å². The molecule has 0 atom stereocenters. The van der Waals surface area contributed by atoms with Crippen LogP contribution < -0.4 is 5.46 Å². The molecule has 0 unspecified atom stereocenters. The summed E-state index contributed by atoms with van der Waals surface area (Å²) < 4.78 is 0. The molecule has 1 aromatic carbocycles. The lowest BCUT2D eigenvalue weighted by molar-refractivity contribution is 0.0994. The first-order valence-electron chi connectivity index (χ1n) is 3.69. The zero-order valence-electron chi connectivity index (χ0n) is 6.13. The largest absolute Gasteiger partial charge is 0.294 e. The molecule has 0 aliphatic heterocycles. The maximum atomic E-state index is 11.1. The maximum absolute atomic E-state index is 11.1. The number of benzene rings is 1. The van der Waals surface area contributed by atoms with Crippen molar-refractivity contribution in [3.63, 3.8) is 0 Å². The van der Waals surface area contributed by atoms with Crippen LogP contribution in [0.5, 0.6) is 0 Å². The fourth-order valence-electron chi connectivity index (χ4n) is 1.48. The highest BCUT2D eigenvalue weighted by molar-refractivity contribution is 6.32. The lowest BCUT2D eigenvalue weighted by Gasteiger charge is -1.97. The summed E-state index contributed by atoms with van der Waals surface area (Å²) in [6.45, 7) is 0. The quantitative estimate of drug-likeness (QED) is 0.485. The molecule has 0 saturated carbocycles. The van der Waals surface area contributed by atoms with E-state index < -0.39 is 0 Å². The molecule has 0 fully saturated rings. The van der Waals surface area contributed by atoms with Crippen molar-refractivity contribution >= 4 is 19.1 Å². The third kappa shape index (κ3) is 0.986. The van der Waals surface area contributed by atoms with Crippen LogP contribution in [0.15, 0.2) is 18.2 Å². The third-order valence-electron chi connectivity index (χ3n) is 2.05. The van der Waals surface area contributed by atoms with Gasteiger partial charge in [-0.3, -0.25) is 4.79 Å². The summed E-state index contributed by atoms with van der Waals surface area (Å²) in [5.41, 5.74) is 2.72. The zero-order chi connectivity index (χ0) is 7.84. The molecule has 0 heterocycles. The second kappa shape index (κ2) is 2.23. The highest BCUT2D eigenvalue weighted by atomic mass is 16.1. The minimum Gasteiger partial charge on any atom is -0.294 e. The lowest BCUT2D eigenvalue weighted by atomic mass is 9.93. The zero-order valence-corrected chi connectivity index (χ0v) is 6.13. The van der Waals surface area contributed by atoms with Gasteiger partial charge in [0, 0.05) is 12.0 Å². The molecule has 0 saturated heterocycles. The third-order valence-corrected chi connectivity index (χ3v) is 2.05. The summed E-state index contributed by atoms with van der Waals surface area (Å²) in [6.07, 6.45) is 1.51. The van der Waals surface area contributed by atoms with Crippen LogP contribution in [-0.4, -0.2) is 13.6 Å². The first-order chi connectivity index (χ1) is 5.27. The van der Waals surface area contributed by atoms with Crippen molar-refractivity contribution < 1.29 is 4.79 Å². The first kappa shape index (κ1) is 6.65. The Morgan fingerprint density at radius 1 is 1.27 bits per heavy atom. The van der Waals surface area contributed by atoms with Crippen LogP contribution in [0.3, 0.4) is 0 Å². The summed E-state index contributed by atoms with van der Waals surface area (Å²) in [5, 5.41) is 0. The Labute approximate surface area is 66.8 Å². The Kier molecular flexibility index (Phi) is 1.35. The molecule has 2 heteroatoms. The van der Waals surface area contributed by atoms with Gasteiger partial charge in [-0.05, 0) is 12.0 Å². The van der Waals surface area contributed by atoms with E-state index in [0.29, 0.717) is 6.42 Å². The molecule has 1 aliphatic rings. The molecular formula is C9H7BO. The standard InChI is InChI=1S/C9H7BO/c10-7-2-3-8-6(5-7)1-4-9(8)11/h2-3,5H,1,4H2. The number of Topliss-reactive ketones (excluding diaryl/α,β-unsaturated/α-hetero) is 1. The van der Waals surface area contributed by atoms with Crippen molar-refractivity contribution in [1.29, 1.82) is 0 Å². The van der Waals surface area contributed by atoms with Crippen molar-refractivity contribution in [3.8, 4) is 0 Å². The van der Waals surface area contributed by atoms with Gasteiger partial charge >= 0.3 is 0 Å². The highest BCUT2D eigenvalue weighted by Crippen LogP contribution is 2.19. The number of carbonyl (C=O) groups is 1. The van der Waals surface area contributed by atoms with Crippen LogP contribution in [0.4, 0.5) is 0 Å². The Hall–Kier alpha value is -1.05. The molecular weight excluding hydrogens is 135 g/mol. The van der Waals surface area contributed by atoms with Gasteiger partial charge in [0.15, 0.2) is 5.78 Å². The number of hydrogen-bond acceptors (Lipinski definition) is 1. The number of rotatable bonds is 0. The van der Waals surface area contributed by atoms with Gasteiger partial charge in [0.25, 0.3) is 0 Å². The summed E-state index contributed by atoms with van der Waals surface area (Å²) >= 11 is 0. The van der Waals surface area contributed by atoms with Gasteiger partial charge in [-0.2, -0.15) is 0 Å². The van der Waals surface area contributed by atoms with E-state index in [0.717, 1.165) is 23.0 Å². The van der Waals surface area contributed by atoms with Crippen LogP contribution in [0.2, 0.25) is 0 Å². The number of aryl methyl sites for hydroxylation is 1. The normalized spacial score (nSPS) is 15.1. The molecule has 1 aliphatic carbocycles. The second-order valence-electron chi connectivity index (χ2n) is 2.84. The average Bonchev–Trinajstić information content (AvgIpc) is 2.32. The highest BCUT2D eigenvalue weighted by Gasteiger charge is 2.17. The van der Waals surface area contributed by atoms with E-state index in [1.165, 1.54) is 0 Å². The molecule has 0 bridgehead atoms. The predicted octanol–water partition coefficient (Wildman–Crippen LogP) is 0.609. The van der Waals surface area contributed by atoms with Crippen molar-refractivity contribution in [2.45, 2.75) is 12.8 Å². The van der Waals surface area contributed by atoms with E-state index in [2.05, 4.69) is 0 Å². The van der Waals surface area contributed by atoms with Gasteiger partial charge in [-0.25, -0.2) is 0 Å². The summed E-state index contributed by atoms with van der Waals surface area (Å²) in [4.78, 5) is 11.1. The monoisotopic (exact) mass is 142 g/mol. The van der Waals surface area contributed by atoms with Gasteiger partial charge < -0.3 is 0 Å². The van der Waals surface area contributed by atoms with Crippen molar-refractivity contribution in [3.05, 3.63) is 29.3 Å². The van der Waals surface area contributed by atoms with Gasteiger partial charge in [-0.1, -0.05) is 23.7 Å². The number of hydrogen-bond donors (Lipinski definition) is 0. The smallest absolute Gasteiger partial charge is 0.163 e. The minimum absolute atomic E-state index is 0.250. The SMILES string of the molecule is [B]c1ccc2c(c1)CCC2=O. The minimum atomic E-state index is 0.250. The molecule has 11 heavy (non-hydrogen) atoms. The number of carbonyl (C=O) groups excluding carboxylic acids is 1. The Morgan fingerprint density at radius 3 is 2.91 bits per heavy atom. The summed E-state index contributed by atoms with van der Waals surface area (Å²) in [5.74, 6) is 0.250.